The van der Waals surface area contributed by atoms with Crippen LogP contribution in [0.3, 0.4) is 0 Å². The Morgan fingerprint density at radius 3 is 2.90 bits per heavy atom. The molecule has 1 atom stereocenters. The lowest BCUT2D eigenvalue weighted by Crippen LogP contribution is -2.28. The molecular weight excluding hydrogens is 468 g/mol. The molecule has 0 N–H and O–H groups in total. The Hall–Kier alpha value is -2.90. The highest BCUT2D eigenvalue weighted by Gasteiger charge is 2.25. The van der Waals surface area contributed by atoms with Crippen LogP contribution in [0.5, 0.6) is 0 Å². The molecule has 5 aromatic rings. The lowest BCUT2D eigenvalue weighted by atomic mass is 10.2. The van der Waals surface area contributed by atoms with E-state index in [0.29, 0.717) is 22.5 Å². The van der Waals surface area contributed by atoms with Crippen molar-refractivity contribution in [3.8, 4) is 0 Å². The van der Waals surface area contributed by atoms with E-state index in [1.54, 1.807) is 29.1 Å². The Kier molecular flexibility index (Phi) is 4.72. The maximum atomic E-state index is 13.1. The van der Waals surface area contributed by atoms with Crippen LogP contribution in [0.2, 0.25) is 5.02 Å². The fourth-order valence-electron chi connectivity index (χ4n) is 3.63. The van der Waals surface area contributed by atoms with Crippen LogP contribution < -0.4 is 10.1 Å². The van der Waals surface area contributed by atoms with E-state index >= 15 is 0 Å². The molecule has 0 aliphatic rings. The number of nitrogens with zero attached hydrogens (tertiary/aromatic N) is 4. The van der Waals surface area contributed by atoms with E-state index in [2.05, 4.69) is 20.9 Å². The van der Waals surface area contributed by atoms with E-state index in [1.165, 1.54) is 0 Å². The minimum Gasteiger partial charge on any atom is -0.456 e. The summed E-state index contributed by atoms with van der Waals surface area (Å²) in [6.07, 6.45) is 7.45. The topological polar surface area (TPSA) is 56.8 Å². The second kappa shape index (κ2) is 7.41. The quantitative estimate of drug-likeness (QED) is 0.354. The Balaban J connectivity index is 1.63. The molecule has 0 saturated heterocycles. The van der Waals surface area contributed by atoms with E-state index < -0.39 is 0 Å². The average Bonchev–Trinajstić information content (AvgIpc) is 3.33. The zero-order valence-electron chi connectivity index (χ0n) is 16.0. The minimum atomic E-state index is -0.228. The van der Waals surface area contributed by atoms with Gasteiger partial charge in [0.1, 0.15) is 18.0 Å². The molecule has 0 amide bonds. The van der Waals surface area contributed by atoms with E-state index in [1.807, 2.05) is 59.2 Å². The second-order valence-electron chi connectivity index (χ2n) is 7.24. The third kappa shape index (κ3) is 3.44. The number of rotatable bonds is 4. The lowest BCUT2D eigenvalue weighted by molar-refractivity contribution is -0.671. The molecule has 150 valence electrons. The van der Waals surface area contributed by atoms with Crippen LogP contribution in [-0.4, -0.2) is 14.1 Å². The number of hydrogen-bond donors (Lipinski definition) is 0. The molecule has 0 fully saturated rings. The van der Waals surface area contributed by atoms with Gasteiger partial charge in [0.25, 0.3) is 5.56 Å². The summed E-state index contributed by atoms with van der Waals surface area (Å²) >= 11 is 9.60. The molecule has 2 aromatic carbocycles. The number of benzene rings is 2. The summed E-state index contributed by atoms with van der Waals surface area (Å²) in [4.78, 5) is 17.5. The number of aromatic nitrogens is 4. The zero-order chi connectivity index (χ0) is 20.8. The van der Waals surface area contributed by atoms with Crippen molar-refractivity contribution in [3.63, 3.8) is 0 Å². The summed E-state index contributed by atoms with van der Waals surface area (Å²) < 4.78 is 12.7. The highest BCUT2D eigenvalue weighted by atomic mass is 79.9. The van der Waals surface area contributed by atoms with E-state index in [0.717, 1.165) is 21.2 Å². The summed E-state index contributed by atoms with van der Waals surface area (Å²) in [5.74, 6) is 0.761. The van der Waals surface area contributed by atoms with Crippen LogP contribution in [0, 0.1) is 0 Å². The normalized spacial score (nSPS) is 12.6. The van der Waals surface area contributed by atoms with E-state index in [-0.39, 0.29) is 11.6 Å². The van der Waals surface area contributed by atoms with Gasteiger partial charge in [0.2, 0.25) is 6.33 Å². The first-order valence-electron chi connectivity index (χ1n) is 9.34. The third-order valence-electron chi connectivity index (χ3n) is 5.13. The number of aryl methyl sites for hydroxylation is 1. The molecule has 3 aromatic heterocycles. The maximum Gasteiger partial charge on any atom is 0.261 e. The van der Waals surface area contributed by atoms with Crippen molar-refractivity contribution in [2.24, 2.45) is 7.05 Å². The molecule has 0 spiro atoms. The van der Waals surface area contributed by atoms with Crippen molar-refractivity contribution >= 4 is 49.4 Å². The van der Waals surface area contributed by atoms with Gasteiger partial charge in [-0.2, -0.15) is 0 Å². The first-order valence-corrected chi connectivity index (χ1v) is 10.5. The Bertz CT molecular complexity index is 1450. The molecule has 1 unspecified atom stereocenters. The van der Waals surface area contributed by atoms with Gasteiger partial charge in [-0.25, -0.2) is 14.1 Å². The van der Waals surface area contributed by atoms with Crippen molar-refractivity contribution in [1.82, 2.24) is 14.1 Å². The van der Waals surface area contributed by atoms with Gasteiger partial charge in [-0.15, -0.1) is 0 Å². The molecule has 8 heteroatoms. The van der Waals surface area contributed by atoms with Gasteiger partial charge < -0.3 is 4.42 Å². The molecular formula is C22H17BrClN4O2+. The summed E-state index contributed by atoms with van der Waals surface area (Å²) in [7, 11) is 1.95. The van der Waals surface area contributed by atoms with Crippen LogP contribution in [-0.2, 0) is 13.6 Å². The predicted octanol–water partition coefficient (Wildman–Crippen LogP) is 4.47. The fourth-order valence-corrected chi connectivity index (χ4v) is 4.18. The molecule has 0 aliphatic heterocycles. The molecule has 0 aliphatic carbocycles. The highest BCUT2D eigenvalue weighted by Crippen LogP contribution is 2.29. The van der Waals surface area contributed by atoms with Crippen molar-refractivity contribution < 1.29 is 8.98 Å². The molecule has 5 rings (SSSR count). The largest absolute Gasteiger partial charge is 0.456 e. The third-order valence-corrected chi connectivity index (χ3v) is 5.86. The average molecular weight is 485 g/mol. The van der Waals surface area contributed by atoms with Gasteiger partial charge in [0.15, 0.2) is 11.8 Å². The van der Waals surface area contributed by atoms with Crippen LogP contribution >= 0.6 is 27.5 Å². The highest BCUT2D eigenvalue weighted by molar-refractivity contribution is 9.10. The van der Waals surface area contributed by atoms with Crippen molar-refractivity contribution in [1.29, 1.82) is 0 Å². The summed E-state index contributed by atoms with van der Waals surface area (Å²) in [6, 6.07) is 12.8. The van der Waals surface area contributed by atoms with Crippen LogP contribution in [0.15, 0.2) is 81.2 Å². The molecule has 30 heavy (non-hydrogen) atoms. The van der Waals surface area contributed by atoms with Gasteiger partial charge in [-0.1, -0.05) is 27.5 Å². The first-order chi connectivity index (χ1) is 14.5. The second-order valence-corrected chi connectivity index (χ2v) is 8.59. The molecule has 3 heterocycles. The Morgan fingerprint density at radius 1 is 1.23 bits per heavy atom. The smallest absolute Gasteiger partial charge is 0.261 e. The van der Waals surface area contributed by atoms with Gasteiger partial charge >= 0.3 is 0 Å². The molecule has 0 bridgehead atoms. The predicted molar refractivity (Wildman–Crippen MR) is 119 cm³/mol. The first kappa shape index (κ1) is 19.1. The van der Waals surface area contributed by atoms with Crippen molar-refractivity contribution in [3.05, 3.63) is 93.1 Å². The van der Waals surface area contributed by atoms with Gasteiger partial charge in [-0.05, 0) is 42.5 Å². The van der Waals surface area contributed by atoms with Crippen molar-refractivity contribution in [2.45, 2.75) is 12.6 Å². The monoisotopic (exact) mass is 483 g/mol. The van der Waals surface area contributed by atoms with E-state index in [4.69, 9.17) is 16.0 Å². The SMILES string of the molecule is C[n+]1ccn(C(Cn2cnc3ccc(Cl)cc3c2=O)c2cc3cc(Br)ccc3o2)c1. The fraction of sp³-hybridized carbons (Fsp3) is 0.136. The lowest BCUT2D eigenvalue weighted by Gasteiger charge is -2.13. The number of furan rings is 1. The number of hydrogen-bond acceptors (Lipinski definition) is 3. The molecule has 0 radical (unpaired) electrons. The minimum absolute atomic E-state index is 0.136. The summed E-state index contributed by atoms with van der Waals surface area (Å²) in [5.41, 5.74) is 1.28. The van der Waals surface area contributed by atoms with Gasteiger partial charge in [0, 0.05) is 14.9 Å². The van der Waals surface area contributed by atoms with Gasteiger partial charge in [-0.3, -0.25) is 9.36 Å². The number of fused-ring (bicyclic) bond motifs is 2. The summed E-state index contributed by atoms with van der Waals surface area (Å²) in [5, 5.41) is 2.00. The van der Waals surface area contributed by atoms with Crippen LogP contribution in [0.1, 0.15) is 11.8 Å². The summed E-state index contributed by atoms with van der Waals surface area (Å²) in [6.45, 7) is 0.365. The van der Waals surface area contributed by atoms with Crippen LogP contribution in [0.4, 0.5) is 0 Å². The maximum absolute atomic E-state index is 13.1. The molecule has 6 nitrogen and oxygen atoms in total. The van der Waals surface area contributed by atoms with Crippen molar-refractivity contribution in [2.75, 3.05) is 0 Å². The number of halogens is 2. The van der Waals surface area contributed by atoms with Gasteiger partial charge in [0.05, 0.1) is 30.8 Å². The number of imidazole rings is 1. The van der Waals surface area contributed by atoms with E-state index in [9.17, 15) is 4.79 Å². The Morgan fingerprint density at radius 2 is 2.10 bits per heavy atom. The molecule has 0 saturated carbocycles. The zero-order valence-corrected chi connectivity index (χ0v) is 18.3. The standard InChI is InChI=1S/C22H17BrClN4O2/c1-26-6-7-27(13-26)19(21-9-14-8-15(23)2-5-20(14)30-21)11-28-12-25-18-4-3-16(24)10-17(18)22(28)29/h2-10,12-13,19H,11H2,1H3/q+1. The Labute approximate surface area is 185 Å². The van der Waals surface area contributed by atoms with Crippen LogP contribution in [0.25, 0.3) is 21.9 Å².